The van der Waals surface area contributed by atoms with E-state index in [1.54, 1.807) is 129 Å². The Morgan fingerprint density at radius 2 is 0.704 bits per heavy atom. The number of hydrogen-bond acceptors (Lipinski definition) is 19. The van der Waals surface area contributed by atoms with Gasteiger partial charge in [0.05, 0.1) is 83.5 Å². The molecule has 0 spiro atoms. The number of nitrogens with zero attached hydrogens (tertiary/aromatic N) is 20. The predicted molar refractivity (Wildman–Crippen MR) is 496 cm³/mol. The van der Waals surface area contributed by atoms with E-state index < -0.39 is 142 Å². The lowest BCUT2D eigenvalue weighted by Crippen LogP contribution is -2.53. The zero-order valence-electron chi connectivity index (χ0n) is 79.9. The molecule has 3 saturated carbocycles. The number of primary amides is 1. The highest BCUT2D eigenvalue weighted by molar-refractivity contribution is 9.10. The summed E-state index contributed by atoms with van der Waals surface area (Å²) in [6.45, 7) is 54.3. The molecule has 718 valence electrons. The number of ether oxygens (including phenoxy) is 6. The number of amides is 7. The van der Waals surface area contributed by atoms with Gasteiger partial charge in [-0.2, -0.15) is 15.3 Å². The second-order valence-electron chi connectivity index (χ2n) is 40.6. The largest absolute Gasteiger partial charge is 0.444 e. The first-order valence-electron chi connectivity index (χ1n) is 43.6. The quantitative estimate of drug-likeness (QED) is 0.0437. The molecule has 3 saturated heterocycles. The third-order valence-corrected chi connectivity index (χ3v) is 22.3. The van der Waals surface area contributed by atoms with Crippen LogP contribution in [0.3, 0.4) is 0 Å². The molecule has 0 bridgehead atoms. The normalized spacial score (nSPS) is 15.3. The number of rotatable bonds is 10. The third kappa shape index (κ3) is 23.6. The van der Waals surface area contributed by atoms with Crippen molar-refractivity contribution >= 4 is 128 Å². The van der Waals surface area contributed by atoms with Crippen LogP contribution >= 0.6 is 15.9 Å². The van der Waals surface area contributed by atoms with Crippen molar-refractivity contribution in [3.63, 3.8) is 0 Å². The van der Waals surface area contributed by atoms with Gasteiger partial charge in [-0.15, -0.1) is 5.54 Å². The number of nitrogens with two attached hydrogens (primary N) is 1. The van der Waals surface area contributed by atoms with Crippen molar-refractivity contribution in [3.05, 3.63) is 133 Å². The van der Waals surface area contributed by atoms with E-state index in [2.05, 4.69) is 91.0 Å². The van der Waals surface area contributed by atoms with Gasteiger partial charge >= 0.3 is 36.6 Å². The molecule has 135 heavy (non-hydrogen) atoms. The SMILES string of the molecule is CN(C(=O)OC(C)(C)C)c1c(C(N)=O)c(C#Cc2c(F)cc3c(ncn3C3CC3)c2F)nn1C1CN(C(=O)OC(C)(C)C)C1.C[Si](C)(C)C#Cc1c(F)cc2c(ncn2C2CC2)c1F.[C-]#[N+]c1c(Br)nn(C2CN(C(=O)OC(C)(C)C)C2)c1N(C)C(=O)OC(C)(C)C.[C-]#[N+]c1c(C#Cc2c(F)cc3c(ncn3C3CC3)c2F)nn(C2CN(C(=O)OC(C)(C)C)C2)c1N(C)C(=O)OC(C)(C)C. The van der Waals surface area contributed by atoms with Crippen LogP contribution in [-0.4, -0.2) is 217 Å². The number of benzene rings is 3. The molecule has 6 fully saturated rings. The van der Waals surface area contributed by atoms with E-state index in [0.29, 0.717) is 46.1 Å². The second-order valence-corrected chi connectivity index (χ2v) is 46.1. The molecule has 7 amide bonds. The van der Waals surface area contributed by atoms with Crippen LogP contribution in [0.4, 0.5) is 83.9 Å². The van der Waals surface area contributed by atoms with Gasteiger partial charge in [-0.05, 0) is 185 Å². The topological polar surface area (TPSA) is 336 Å². The molecule has 6 aromatic heterocycles. The summed E-state index contributed by atoms with van der Waals surface area (Å²) >= 11 is 3.28. The van der Waals surface area contributed by atoms with Crippen molar-refractivity contribution in [2.45, 2.75) is 253 Å². The number of carbonyl (C=O) groups excluding carboxylic acids is 7. The molecule has 3 aliphatic heterocycles. The number of carbonyl (C=O) groups is 7. The maximum absolute atomic E-state index is 15.4. The van der Waals surface area contributed by atoms with Crippen LogP contribution in [-0.2, 0) is 28.4 Å². The molecule has 0 atom stereocenters. The van der Waals surface area contributed by atoms with E-state index in [9.17, 15) is 42.3 Å². The minimum Gasteiger partial charge on any atom is -0.444 e. The number of likely N-dealkylation sites (tertiary alicyclic amines) is 3. The Labute approximate surface area is 787 Å². The van der Waals surface area contributed by atoms with E-state index in [-0.39, 0.29) is 106 Å². The van der Waals surface area contributed by atoms with Crippen LogP contribution in [0.25, 0.3) is 42.8 Å². The Bertz CT molecular complexity index is 6510. The van der Waals surface area contributed by atoms with Crippen LogP contribution in [0.5, 0.6) is 0 Å². The highest BCUT2D eigenvalue weighted by atomic mass is 79.9. The lowest BCUT2D eigenvalue weighted by molar-refractivity contribution is -0.00111. The van der Waals surface area contributed by atoms with E-state index in [1.807, 2.05) is 45.0 Å². The van der Waals surface area contributed by atoms with Gasteiger partial charge in [-0.3, -0.25) is 28.9 Å². The number of anilines is 3. The predicted octanol–water partition coefficient (Wildman–Crippen LogP) is 18.7. The van der Waals surface area contributed by atoms with Crippen LogP contribution in [0.1, 0.15) is 238 Å². The molecule has 15 rings (SSSR count). The Morgan fingerprint density at radius 3 is 1.00 bits per heavy atom. The van der Waals surface area contributed by atoms with Crippen molar-refractivity contribution < 1.29 is 88.3 Å². The summed E-state index contributed by atoms with van der Waals surface area (Å²) in [5.41, 5.74) is 4.23. The third-order valence-electron chi connectivity index (χ3n) is 20.9. The summed E-state index contributed by atoms with van der Waals surface area (Å²) in [5.74, 6) is 7.45. The molecule has 0 radical (unpaired) electrons. The Kier molecular flexibility index (Phi) is 28.3. The first kappa shape index (κ1) is 101. The lowest BCUT2D eigenvalue weighted by Gasteiger charge is -2.40. The summed E-state index contributed by atoms with van der Waals surface area (Å²) < 4.78 is 132. The summed E-state index contributed by atoms with van der Waals surface area (Å²) in [7, 11) is 2.66. The van der Waals surface area contributed by atoms with Gasteiger partial charge in [0.15, 0.2) is 29.0 Å². The minimum absolute atomic E-state index is 0.00980. The van der Waals surface area contributed by atoms with Gasteiger partial charge in [-0.25, -0.2) is 84.4 Å². The maximum atomic E-state index is 15.4. The van der Waals surface area contributed by atoms with E-state index >= 15 is 17.6 Å². The van der Waals surface area contributed by atoms with Gasteiger partial charge in [0.2, 0.25) is 0 Å². The summed E-state index contributed by atoms with van der Waals surface area (Å²) in [6, 6.07) is 3.33. The van der Waals surface area contributed by atoms with Crippen molar-refractivity contribution in [3.8, 4) is 35.1 Å². The molecule has 9 aromatic rings. The van der Waals surface area contributed by atoms with Gasteiger partial charge < -0.3 is 62.6 Å². The number of aromatic nitrogens is 12. The molecule has 34 nitrogen and oxygen atoms in total. The molecule has 3 aliphatic carbocycles. The maximum Gasteiger partial charge on any atom is 0.415 e. The van der Waals surface area contributed by atoms with Crippen LogP contribution in [0.2, 0.25) is 19.6 Å². The molecule has 6 aliphatic rings. The fourth-order valence-corrected chi connectivity index (χ4v) is 15.0. The van der Waals surface area contributed by atoms with Gasteiger partial charge in [0, 0.05) is 96.7 Å². The number of imidazole rings is 3. The first-order valence-corrected chi connectivity index (χ1v) is 47.9. The van der Waals surface area contributed by atoms with Gasteiger partial charge in [0.1, 0.15) is 103 Å². The number of halogens is 7. The molecule has 3 aromatic carbocycles. The molecule has 9 heterocycles. The Balaban J connectivity index is 0.000000169. The monoisotopic (exact) mass is 1950 g/mol. The lowest BCUT2D eigenvalue weighted by atomic mass is 10.1. The highest BCUT2D eigenvalue weighted by Gasteiger charge is 2.45. The summed E-state index contributed by atoms with van der Waals surface area (Å²) in [5, 5.41) is 13.3. The Morgan fingerprint density at radius 1 is 0.422 bits per heavy atom. The van der Waals surface area contributed by atoms with Crippen LogP contribution in [0.15, 0.2) is 41.8 Å². The first-order chi connectivity index (χ1) is 62.6. The number of hydrogen-bond donors (Lipinski definition) is 1. The molecular formula is C93H110BrF6N21O13Si. The highest BCUT2D eigenvalue weighted by Crippen LogP contribution is 2.45. The number of fused-ring (bicyclic) bond motifs is 3. The zero-order valence-corrected chi connectivity index (χ0v) is 82.5. The molecule has 2 N–H and O–H groups in total. The van der Waals surface area contributed by atoms with Crippen LogP contribution in [0, 0.1) is 83.2 Å². The minimum atomic E-state index is -1.68. The Hall–Kier alpha value is -13.3. The average molecular weight is 1950 g/mol. The van der Waals surface area contributed by atoms with E-state index in [0.717, 1.165) is 48.3 Å². The zero-order chi connectivity index (χ0) is 99.7. The van der Waals surface area contributed by atoms with E-state index in [4.69, 9.17) is 47.3 Å². The van der Waals surface area contributed by atoms with E-state index in [1.165, 1.54) is 76.1 Å². The standard InChI is InChI=1S/C30H35F2N7O5.C30H33F2N7O4.C18H26BrN5O4.C15H16F2N2Si/c1-29(2,3)43-27(41)36(7)26-22(25(33)40)20(35-39(26)17-13-37(14-17)28(42)44-30(4,5)6)11-10-18-19(31)12-21-24(23(18)32)34-15-38(21)16-8-9-16;1-29(2,3)42-27(40)36(8)26-24(33-7)21(35-39(26)18-14-37(15-18)28(41)43-30(4,5)6)12-11-19-20(31)13-22-25(23(19)32)34-16-38(22)17-9-10-17;1-17(2,3)27-15(25)22(8)14-12(20-7)13(19)21-24(14)11-9-23(10-11)16(26)28-18(4,5)6;1-20(2,3)7-6-11-12(16)8-13-15(14(11)17)18-9-19(13)10-4-5-10/h12,15-17H,8-9,13-14H2,1-7H3,(H2,33,40);13,16-18H,9-10,14-15H2,1-6,8H3;11H,9-10H2,1-6,8H3;8-10H,4-5H2,1-3H3. The molecule has 42 heteroatoms. The fourth-order valence-electron chi connectivity index (χ4n) is 14.1. The molecular weight excluding hydrogens is 1840 g/mol. The van der Waals surface area contributed by atoms with Crippen molar-refractivity contribution in [2.75, 3.05) is 75.1 Å². The van der Waals surface area contributed by atoms with Gasteiger partial charge in [-0.1, -0.05) is 43.3 Å². The van der Waals surface area contributed by atoms with Gasteiger partial charge in [0.25, 0.3) is 17.3 Å². The van der Waals surface area contributed by atoms with Crippen molar-refractivity contribution in [1.82, 2.24) is 72.7 Å². The smallest absolute Gasteiger partial charge is 0.415 e. The van der Waals surface area contributed by atoms with Crippen molar-refractivity contribution in [2.24, 2.45) is 5.73 Å². The molecule has 0 unspecified atom stereocenters. The van der Waals surface area contributed by atoms with Crippen LogP contribution < -0.4 is 20.4 Å². The fraction of sp³-hybridized carbons (Fsp3) is 0.516. The van der Waals surface area contributed by atoms with Crippen molar-refractivity contribution in [1.29, 1.82) is 0 Å². The average Bonchev–Trinajstić information content (AvgIpc) is 1.39. The summed E-state index contributed by atoms with van der Waals surface area (Å²) in [4.78, 5) is 116. The summed E-state index contributed by atoms with van der Waals surface area (Å²) in [6.07, 6.45) is 6.76. The second kappa shape index (κ2) is 37.9.